The molecule has 0 nitrogen and oxygen atoms in total. The molecule has 1 unspecified atom stereocenters. The Labute approximate surface area is 220 Å². The molecule has 0 amide bonds. The van der Waals surface area contributed by atoms with Gasteiger partial charge in [0.2, 0.25) is 0 Å². The van der Waals surface area contributed by atoms with Gasteiger partial charge in [0.25, 0.3) is 0 Å². The molecule has 0 fully saturated rings. The minimum absolute atomic E-state index is 0. The number of benzene rings is 2. The van der Waals surface area contributed by atoms with Crippen LogP contribution >= 0.6 is 36.4 Å². The molecule has 0 saturated carbocycles. The summed E-state index contributed by atoms with van der Waals surface area (Å²) in [4.78, 5) is 0. The van der Waals surface area contributed by atoms with E-state index in [0.717, 1.165) is 5.02 Å². The average Bonchev–Trinajstić information content (AvgIpc) is 3.20. The van der Waals surface area contributed by atoms with Crippen molar-refractivity contribution in [3.63, 3.8) is 0 Å². The van der Waals surface area contributed by atoms with Crippen molar-refractivity contribution in [1.82, 2.24) is 0 Å². The molecular formula is C26H31Cl3SiZr. The van der Waals surface area contributed by atoms with Crippen molar-refractivity contribution >= 4 is 52.6 Å². The summed E-state index contributed by atoms with van der Waals surface area (Å²) in [5.41, 5.74) is 6.94. The van der Waals surface area contributed by atoms with E-state index >= 15 is 0 Å². The van der Waals surface area contributed by atoms with Crippen LogP contribution in [0.5, 0.6) is 0 Å². The molecule has 1 aliphatic carbocycles. The van der Waals surface area contributed by atoms with Crippen LogP contribution in [0, 0.1) is 12.0 Å². The molecule has 0 heterocycles. The molecule has 1 aliphatic rings. The number of halogens is 3. The summed E-state index contributed by atoms with van der Waals surface area (Å²) in [5, 5.41) is 3.36. The first kappa shape index (κ1) is 30.5. The monoisotopic (exact) mass is 566 g/mol. The Morgan fingerprint density at radius 1 is 0.968 bits per heavy atom. The second-order valence-corrected chi connectivity index (χ2v) is 17.5. The van der Waals surface area contributed by atoms with E-state index in [1.165, 1.54) is 38.6 Å². The van der Waals surface area contributed by atoms with E-state index in [9.17, 15) is 0 Å². The second-order valence-electron chi connectivity index (χ2n) is 7.64. The van der Waals surface area contributed by atoms with Crippen LogP contribution in [0.3, 0.4) is 0 Å². The molecule has 5 heteroatoms. The summed E-state index contributed by atoms with van der Waals surface area (Å²) in [5.74, 6) is 0.560. The van der Waals surface area contributed by atoms with Crippen molar-refractivity contribution in [3.8, 4) is 11.1 Å². The van der Waals surface area contributed by atoms with Crippen LogP contribution < -0.4 is 0 Å². The van der Waals surface area contributed by atoms with Crippen molar-refractivity contribution in [3.05, 3.63) is 88.5 Å². The maximum atomic E-state index is 5.89. The first-order valence-electron chi connectivity index (χ1n) is 9.90. The summed E-state index contributed by atoms with van der Waals surface area (Å²) in [6.07, 6.45) is 3.36. The van der Waals surface area contributed by atoms with Gasteiger partial charge < -0.3 is 0 Å². The van der Waals surface area contributed by atoms with E-state index in [0.29, 0.717) is 5.92 Å². The minimum Gasteiger partial charge on any atom is -0.150 e. The van der Waals surface area contributed by atoms with Crippen molar-refractivity contribution in [2.75, 3.05) is 0 Å². The molecular weight excluding hydrogens is 538 g/mol. The Morgan fingerprint density at radius 2 is 1.52 bits per heavy atom. The van der Waals surface area contributed by atoms with Gasteiger partial charge in [0.1, 0.15) is 0 Å². The summed E-state index contributed by atoms with van der Waals surface area (Å²) >= 11 is 7.63. The van der Waals surface area contributed by atoms with Crippen LogP contribution in [0.4, 0.5) is 0 Å². The molecule has 0 aromatic heterocycles. The first-order valence-corrected chi connectivity index (χ1v) is 16.5. The van der Waals surface area contributed by atoms with E-state index < -0.39 is 0 Å². The zero-order chi connectivity index (χ0) is 21.6. The molecule has 0 spiro atoms. The maximum Gasteiger partial charge on any atom is 0.0405 e. The Hall–Kier alpha value is -0.500. The predicted molar refractivity (Wildman–Crippen MR) is 142 cm³/mol. The van der Waals surface area contributed by atoms with Crippen molar-refractivity contribution in [2.45, 2.75) is 40.8 Å². The molecule has 3 aromatic rings. The van der Waals surface area contributed by atoms with Crippen molar-refractivity contribution < 1.29 is 23.3 Å². The summed E-state index contributed by atoms with van der Waals surface area (Å²) in [7, 11) is 0. The van der Waals surface area contributed by atoms with Crippen LogP contribution in [-0.4, -0.2) is 5.43 Å². The van der Waals surface area contributed by atoms with Gasteiger partial charge in [-0.2, -0.15) is 11.1 Å². The molecule has 0 radical (unpaired) electrons. The zero-order valence-electron chi connectivity index (χ0n) is 19.0. The fourth-order valence-corrected chi connectivity index (χ4v) is 3.32. The maximum absolute atomic E-state index is 5.89. The fourth-order valence-electron chi connectivity index (χ4n) is 3.19. The summed E-state index contributed by atoms with van der Waals surface area (Å²) < 4.78 is 0. The van der Waals surface area contributed by atoms with Crippen molar-refractivity contribution in [2.24, 2.45) is 5.92 Å². The molecule has 164 valence electrons. The number of fused-ring (bicyclic) bond motifs is 1. The van der Waals surface area contributed by atoms with Crippen molar-refractivity contribution in [1.29, 1.82) is 0 Å². The smallest absolute Gasteiger partial charge is 0.0405 e. The van der Waals surface area contributed by atoms with Gasteiger partial charge in [-0.1, -0.05) is 62.1 Å². The number of rotatable bonds is 1. The van der Waals surface area contributed by atoms with Gasteiger partial charge in [-0.05, 0) is 12.1 Å². The van der Waals surface area contributed by atoms with Gasteiger partial charge in [0, 0.05) is 5.02 Å². The molecule has 0 aliphatic heterocycles. The van der Waals surface area contributed by atoms with Gasteiger partial charge in [-0.3, -0.25) is 6.08 Å². The number of allylic oxidation sites excluding steroid dienone is 4. The van der Waals surface area contributed by atoms with Crippen LogP contribution in [0.1, 0.15) is 27.7 Å². The summed E-state index contributed by atoms with van der Waals surface area (Å²) in [6.45, 7) is 13.3. The molecule has 3 aromatic carbocycles. The van der Waals surface area contributed by atoms with E-state index in [4.69, 9.17) is 11.6 Å². The third-order valence-electron chi connectivity index (χ3n) is 5.07. The normalized spacial score (nSPS) is 14.4. The topological polar surface area (TPSA) is 0 Å². The van der Waals surface area contributed by atoms with Gasteiger partial charge in [0.05, 0.1) is 0 Å². The largest absolute Gasteiger partial charge is 0.150 e. The Kier molecular flexibility index (Phi) is 14.4. The third kappa shape index (κ3) is 9.10. The zero-order valence-corrected chi connectivity index (χ0v) is 24.9. The van der Waals surface area contributed by atoms with E-state index in [1.54, 1.807) is 23.3 Å². The standard InChI is InChI=1S/C15H10Cl.C9H13.C2H6Si.2ClH.Zr/c16-13-8-5-12(6-9-13)15-10-7-11-3-1-2-4-14(11)15;1-6-5-7(2)9(4)8(6)3;1-3-2;;;/h1-10H;6H,1-4H3;1-2H3;2*1H;/q2*-1;;;;+2. The quantitative estimate of drug-likeness (QED) is 0.203. The van der Waals surface area contributed by atoms with Gasteiger partial charge >= 0.3 is 41.9 Å². The molecule has 0 bridgehead atoms. The molecule has 31 heavy (non-hydrogen) atoms. The van der Waals surface area contributed by atoms with Crippen LogP contribution in [0.25, 0.3) is 21.9 Å². The first-order chi connectivity index (χ1) is 13.7. The Balaban J connectivity index is 0.000000516. The minimum atomic E-state index is 0. The van der Waals surface area contributed by atoms with E-state index in [1.807, 2.05) is 12.1 Å². The number of hydrogen-bond acceptors (Lipinski definition) is 0. The fraction of sp³-hybridized carbons (Fsp3) is 0.269. The number of hydrogen-bond donors (Lipinski definition) is 0. The van der Waals surface area contributed by atoms with E-state index in [2.05, 4.69) is 95.4 Å². The third-order valence-corrected chi connectivity index (χ3v) is 5.32. The van der Waals surface area contributed by atoms with Gasteiger partial charge in [-0.25, -0.2) is 5.57 Å². The van der Waals surface area contributed by atoms with Crippen LogP contribution in [0.2, 0.25) is 18.1 Å². The molecule has 1 atom stereocenters. The molecule has 0 saturated heterocycles. The van der Waals surface area contributed by atoms with Gasteiger partial charge in [0.15, 0.2) is 0 Å². The predicted octanol–water partition coefficient (Wildman–Crippen LogP) is 9.23. The van der Waals surface area contributed by atoms with Crippen LogP contribution in [0.15, 0.2) is 77.4 Å². The SMILES string of the molecule is CC1=[C-]C(C)C(C)=C1C.C[Si](C)=[Zr+2].Cl.Cl.Clc1ccc(-c2c[cH-]c3ccccc23)cc1. The molecule has 4 rings (SSSR count). The van der Waals surface area contributed by atoms with E-state index in [-0.39, 0.29) is 30.2 Å². The Morgan fingerprint density at radius 3 is 1.97 bits per heavy atom. The second kappa shape index (κ2) is 14.6. The molecule has 0 N–H and O–H groups in total. The van der Waals surface area contributed by atoms with Crippen LogP contribution in [-0.2, 0) is 23.3 Å². The van der Waals surface area contributed by atoms with Gasteiger partial charge in [-0.15, -0.1) is 78.4 Å². The average molecular weight is 569 g/mol. The summed E-state index contributed by atoms with van der Waals surface area (Å²) in [6, 6.07) is 20.7. The Bertz CT molecular complexity index is 1040.